The molecule has 0 saturated heterocycles. The smallest absolute Gasteiger partial charge is 0.273 e. The molecule has 0 saturated carbocycles. The molecule has 0 bridgehead atoms. The summed E-state index contributed by atoms with van der Waals surface area (Å²) in [5.41, 5.74) is 3.73. The van der Waals surface area contributed by atoms with E-state index in [4.69, 9.17) is 0 Å². The van der Waals surface area contributed by atoms with Crippen molar-refractivity contribution < 1.29 is 4.79 Å². The number of benzene rings is 1. The first-order valence-corrected chi connectivity index (χ1v) is 9.30. The Bertz CT molecular complexity index is 889. The third-order valence-electron chi connectivity index (χ3n) is 3.62. The number of hydrogen-bond donors (Lipinski definition) is 1. The fraction of sp³-hybridized carbons (Fsp3) is 0.278. The van der Waals surface area contributed by atoms with Crippen molar-refractivity contribution in [2.75, 3.05) is 6.54 Å². The van der Waals surface area contributed by atoms with Gasteiger partial charge in [0, 0.05) is 23.7 Å². The van der Waals surface area contributed by atoms with E-state index < -0.39 is 0 Å². The highest BCUT2D eigenvalue weighted by Crippen LogP contribution is 2.23. The van der Waals surface area contributed by atoms with Crippen LogP contribution in [0.3, 0.4) is 0 Å². The zero-order valence-corrected chi connectivity index (χ0v) is 15.7. The predicted molar refractivity (Wildman–Crippen MR) is 100 cm³/mol. The van der Waals surface area contributed by atoms with Crippen LogP contribution in [0.2, 0.25) is 0 Å². The monoisotopic (exact) mass is 368 g/mol. The lowest BCUT2D eigenvalue weighted by Gasteiger charge is -2.08. The van der Waals surface area contributed by atoms with Crippen molar-refractivity contribution in [3.05, 3.63) is 59.2 Å². The number of nitrogens with zero attached hydrogens (tertiary/aromatic N) is 5. The van der Waals surface area contributed by atoms with Gasteiger partial charge in [-0.25, -0.2) is 14.6 Å². The SMILES string of the molecule is CCNC(=O)c1nnn(-c2ccccc2)c1CSc1nc(C)cc(C)n1. The van der Waals surface area contributed by atoms with Crippen LogP contribution in [0, 0.1) is 13.8 Å². The Morgan fingerprint density at radius 1 is 1.15 bits per heavy atom. The van der Waals surface area contributed by atoms with Crippen molar-refractivity contribution in [2.45, 2.75) is 31.7 Å². The molecule has 1 amide bonds. The van der Waals surface area contributed by atoms with Crippen LogP contribution in [0.5, 0.6) is 0 Å². The van der Waals surface area contributed by atoms with E-state index in [0.29, 0.717) is 23.1 Å². The lowest BCUT2D eigenvalue weighted by Crippen LogP contribution is -2.24. The summed E-state index contributed by atoms with van der Waals surface area (Å²) in [6.45, 7) is 6.28. The standard InChI is InChI=1S/C18H20N6OS/c1-4-19-17(25)16-15(11-26-18-20-12(2)10-13(3)21-18)24(23-22-16)14-8-6-5-7-9-14/h5-10H,4,11H2,1-3H3,(H,19,25). The van der Waals surface area contributed by atoms with Crippen molar-refractivity contribution in [1.29, 1.82) is 0 Å². The van der Waals surface area contributed by atoms with Crippen LogP contribution in [0.25, 0.3) is 5.69 Å². The highest BCUT2D eigenvalue weighted by Gasteiger charge is 2.20. The number of aromatic nitrogens is 5. The molecule has 2 heterocycles. The molecule has 0 atom stereocenters. The number of hydrogen-bond acceptors (Lipinski definition) is 6. The molecule has 7 nitrogen and oxygen atoms in total. The molecule has 1 aromatic carbocycles. The van der Waals surface area contributed by atoms with E-state index in [9.17, 15) is 4.79 Å². The summed E-state index contributed by atoms with van der Waals surface area (Å²) in [7, 11) is 0. The molecule has 0 spiro atoms. The molecule has 26 heavy (non-hydrogen) atoms. The number of rotatable bonds is 6. The maximum atomic E-state index is 12.4. The number of para-hydroxylation sites is 1. The summed E-state index contributed by atoms with van der Waals surface area (Å²) in [4.78, 5) is 21.3. The van der Waals surface area contributed by atoms with E-state index >= 15 is 0 Å². The van der Waals surface area contributed by atoms with Crippen molar-refractivity contribution in [2.24, 2.45) is 0 Å². The number of thioether (sulfide) groups is 1. The summed E-state index contributed by atoms with van der Waals surface area (Å²) < 4.78 is 1.69. The van der Waals surface area contributed by atoms with E-state index in [-0.39, 0.29) is 5.91 Å². The molecule has 3 rings (SSSR count). The predicted octanol–water partition coefficient (Wildman–Crippen LogP) is 2.72. The van der Waals surface area contributed by atoms with Crippen LogP contribution in [0.1, 0.15) is 34.5 Å². The number of carbonyl (C=O) groups excluding carboxylic acids is 1. The van der Waals surface area contributed by atoms with Gasteiger partial charge in [-0.05, 0) is 39.0 Å². The first-order chi connectivity index (χ1) is 12.6. The molecule has 0 aliphatic heterocycles. The van der Waals surface area contributed by atoms with Crippen LogP contribution in [-0.4, -0.2) is 37.4 Å². The maximum Gasteiger partial charge on any atom is 0.273 e. The number of nitrogens with one attached hydrogen (secondary N) is 1. The second kappa shape index (κ2) is 8.09. The molecule has 0 unspecified atom stereocenters. The van der Waals surface area contributed by atoms with Gasteiger partial charge in [0.05, 0.1) is 11.4 Å². The topological polar surface area (TPSA) is 85.6 Å². The Labute approximate surface area is 156 Å². The molecule has 0 aliphatic carbocycles. The van der Waals surface area contributed by atoms with E-state index in [2.05, 4.69) is 25.6 Å². The molecule has 0 aliphatic rings. The van der Waals surface area contributed by atoms with Crippen molar-refractivity contribution >= 4 is 17.7 Å². The van der Waals surface area contributed by atoms with Gasteiger partial charge in [-0.2, -0.15) is 0 Å². The number of carbonyl (C=O) groups is 1. The van der Waals surface area contributed by atoms with Crippen LogP contribution >= 0.6 is 11.8 Å². The van der Waals surface area contributed by atoms with Crippen molar-refractivity contribution in [3.63, 3.8) is 0 Å². The van der Waals surface area contributed by atoms with Gasteiger partial charge in [0.15, 0.2) is 10.9 Å². The van der Waals surface area contributed by atoms with Gasteiger partial charge in [-0.15, -0.1) is 5.10 Å². The van der Waals surface area contributed by atoms with Gasteiger partial charge in [0.25, 0.3) is 5.91 Å². The summed E-state index contributed by atoms with van der Waals surface area (Å²) in [6, 6.07) is 11.6. The largest absolute Gasteiger partial charge is 0.351 e. The Kier molecular flexibility index (Phi) is 5.62. The molecular formula is C18H20N6OS. The summed E-state index contributed by atoms with van der Waals surface area (Å²) in [5, 5.41) is 11.8. The zero-order valence-electron chi connectivity index (χ0n) is 14.9. The molecule has 0 fully saturated rings. The Hall–Kier alpha value is -2.74. The van der Waals surface area contributed by atoms with Crippen molar-refractivity contribution in [3.8, 4) is 5.69 Å². The highest BCUT2D eigenvalue weighted by molar-refractivity contribution is 7.98. The zero-order chi connectivity index (χ0) is 18.5. The van der Waals surface area contributed by atoms with Crippen molar-refractivity contribution in [1.82, 2.24) is 30.3 Å². The quantitative estimate of drug-likeness (QED) is 0.532. The third-order valence-corrected chi connectivity index (χ3v) is 4.47. The molecule has 8 heteroatoms. The van der Waals surface area contributed by atoms with E-state index in [1.54, 1.807) is 4.68 Å². The molecule has 3 aromatic rings. The highest BCUT2D eigenvalue weighted by atomic mass is 32.2. The minimum atomic E-state index is -0.230. The van der Waals surface area contributed by atoms with E-state index in [0.717, 1.165) is 22.8 Å². The van der Waals surface area contributed by atoms with Gasteiger partial charge in [0.2, 0.25) is 0 Å². The number of aryl methyl sites for hydroxylation is 2. The fourth-order valence-electron chi connectivity index (χ4n) is 2.52. The Balaban J connectivity index is 1.94. The third kappa shape index (κ3) is 4.08. The van der Waals surface area contributed by atoms with Gasteiger partial charge >= 0.3 is 0 Å². The van der Waals surface area contributed by atoms with Gasteiger partial charge in [0.1, 0.15) is 0 Å². The fourth-order valence-corrected chi connectivity index (χ4v) is 3.46. The minimum absolute atomic E-state index is 0.230. The van der Waals surface area contributed by atoms with E-state index in [1.165, 1.54) is 11.8 Å². The first kappa shape index (κ1) is 18.1. The van der Waals surface area contributed by atoms with Crippen LogP contribution in [0.4, 0.5) is 0 Å². The molecule has 1 N–H and O–H groups in total. The van der Waals surface area contributed by atoms with Gasteiger partial charge in [-0.3, -0.25) is 4.79 Å². The summed E-state index contributed by atoms with van der Waals surface area (Å²) >= 11 is 1.46. The summed E-state index contributed by atoms with van der Waals surface area (Å²) in [5.74, 6) is 0.253. The maximum absolute atomic E-state index is 12.4. The molecule has 134 valence electrons. The minimum Gasteiger partial charge on any atom is -0.351 e. The van der Waals surface area contributed by atoms with Crippen LogP contribution in [0.15, 0.2) is 41.6 Å². The second-order valence-electron chi connectivity index (χ2n) is 5.71. The average Bonchev–Trinajstić information content (AvgIpc) is 3.04. The van der Waals surface area contributed by atoms with E-state index in [1.807, 2.05) is 57.2 Å². The van der Waals surface area contributed by atoms with Crippen LogP contribution in [-0.2, 0) is 5.75 Å². The Morgan fingerprint density at radius 2 is 1.85 bits per heavy atom. The number of amides is 1. The second-order valence-corrected chi connectivity index (χ2v) is 6.66. The van der Waals surface area contributed by atoms with Crippen LogP contribution < -0.4 is 5.32 Å². The van der Waals surface area contributed by atoms with Gasteiger partial charge < -0.3 is 5.32 Å². The Morgan fingerprint density at radius 3 is 2.50 bits per heavy atom. The summed E-state index contributed by atoms with van der Waals surface area (Å²) in [6.07, 6.45) is 0. The first-order valence-electron chi connectivity index (χ1n) is 8.31. The molecular weight excluding hydrogens is 348 g/mol. The normalized spacial score (nSPS) is 10.7. The van der Waals surface area contributed by atoms with Gasteiger partial charge in [-0.1, -0.05) is 35.2 Å². The lowest BCUT2D eigenvalue weighted by atomic mass is 10.3. The average molecular weight is 368 g/mol. The molecule has 0 radical (unpaired) electrons. The lowest BCUT2D eigenvalue weighted by molar-refractivity contribution is 0.0950. The molecule has 2 aromatic heterocycles.